The molecule has 98 valence electrons. The molecule has 0 spiro atoms. The monoisotopic (exact) mass is 263 g/mol. The summed E-state index contributed by atoms with van der Waals surface area (Å²) in [5, 5.41) is 0. The van der Waals surface area contributed by atoms with Gasteiger partial charge >= 0.3 is 0 Å². The van der Waals surface area contributed by atoms with Crippen molar-refractivity contribution < 1.29 is 13.2 Å². The highest BCUT2D eigenvalue weighted by Crippen LogP contribution is 2.26. The van der Waals surface area contributed by atoms with Gasteiger partial charge in [0.2, 0.25) is 0 Å². The standard InChI is InChI=1S/C15H12F3N/c1-3-13(17)15-9(2)6-10(8-19-15)12-5-4-11(16)7-14(12)18/h3-8H,1-2H3/b13-3+. The third-order valence-electron chi connectivity index (χ3n) is 2.80. The Bertz CT molecular complexity index is 648. The van der Waals surface area contributed by atoms with Crippen molar-refractivity contribution in [2.24, 2.45) is 0 Å². The fraction of sp³-hybridized carbons (Fsp3) is 0.133. The van der Waals surface area contributed by atoms with Crippen LogP contribution in [0.2, 0.25) is 0 Å². The lowest BCUT2D eigenvalue weighted by Gasteiger charge is -2.07. The molecule has 0 saturated carbocycles. The van der Waals surface area contributed by atoms with Crippen LogP contribution in [0.25, 0.3) is 17.0 Å². The maximum absolute atomic E-state index is 13.6. The fourth-order valence-electron chi connectivity index (χ4n) is 1.83. The molecule has 1 aromatic heterocycles. The highest BCUT2D eigenvalue weighted by Gasteiger charge is 2.10. The van der Waals surface area contributed by atoms with E-state index >= 15 is 0 Å². The van der Waals surface area contributed by atoms with E-state index in [1.165, 1.54) is 24.4 Å². The Hall–Kier alpha value is -2.10. The number of pyridine rings is 1. The lowest BCUT2D eigenvalue weighted by molar-refractivity contribution is 0.585. The van der Waals surface area contributed by atoms with Crippen LogP contribution in [0.4, 0.5) is 13.2 Å². The van der Waals surface area contributed by atoms with Crippen LogP contribution in [0.3, 0.4) is 0 Å². The molecular weight excluding hydrogens is 251 g/mol. The van der Waals surface area contributed by atoms with E-state index in [9.17, 15) is 13.2 Å². The Morgan fingerprint density at radius 2 is 1.95 bits per heavy atom. The van der Waals surface area contributed by atoms with E-state index in [1.54, 1.807) is 19.9 Å². The molecule has 0 saturated heterocycles. The lowest BCUT2D eigenvalue weighted by atomic mass is 10.0. The number of aromatic nitrogens is 1. The van der Waals surface area contributed by atoms with E-state index in [0.29, 0.717) is 11.1 Å². The summed E-state index contributed by atoms with van der Waals surface area (Å²) in [5.74, 6) is -1.73. The van der Waals surface area contributed by atoms with E-state index < -0.39 is 17.5 Å². The van der Waals surface area contributed by atoms with Crippen molar-refractivity contribution in [1.29, 1.82) is 0 Å². The van der Waals surface area contributed by atoms with Crippen LogP contribution in [0.1, 0.15) is 18.2 Å². The van der Waals surface area contributed by atoms with Gasteiger partial charge < -0.3 is 0 Å². The second kappa shape index (κ2) is 5.26. The normalized spacial score (nSPS) is 11.7. The van der Waals surface area contributed by atoms with E-state index in [2.05, 4.69) is 4.98 Å². The number of rotatable bonds is 2. The summed E-state index contributed by atoms with van der Waals surface area (Å²) >= 11 is 0. The van der Waals surface area contributed by atoms with Crippen molar-refractivity contribution >= 4 is 5.83 Å². The highest BCUT2D eigenvalue weighted by atomic mass is 19.1. The molecule has 2 rings (SSSR count). The molecule has 0 N–H and O–H groups in total. The number of aryl methyl sites for hydroxylation is 1. The lowest BCUT2D eigenvalue weighted by Crippen LogP contribution is -1.93. The Morgan fingerprint density at radius 3 is 2.53 bits per heavy atom. The van der Waals surface area contributed by atoms with Crippen LogP contribution in [-0.4, -0.2) is 4.98 Å². The third-order valence-corrected chi connectivity index (χ3v) is 2.80. The van der Waals surface area contributed by atoms with Crippen LogP contribution >= 0.6 is 0 Å². The summed E-state index contributed by atoms with van der Waals surface area (Å²) in [6.45, 7) is 3.26. The summed E-state index contributed by atoms with van der Waals surface area (Å²) in [6, 6.07) is 4.95. The van der Waals surface area contributed by atoms with Gasteiger partial charge in [0.1, 0.15) is 23.2 Å². The van der Waals surface area contributed by atoms with Crippen molar-refractivity contribution in [2.45, 2.75) is 13.8 Å². The first-order chi connectivity index (χ1) is 9.02. The van der Waals surface area contributed by atoms with Crippen molar-refractivity contribution in [3.8, 4) is 11.1 Å². The third kappa shape index (κ3) is 2.67. The molecule has 0 bridgehead atoms. The Labute approximate surface area is 109 Å². The fourth-order valence-corrected chi connectivity index (χ4v) is 1.83. The molecule has 2 aromatic rings. The SMILES string of the molecule is C/C=C(/F)c1ncc(-c2ccc(F)cc2F)cc1C. The largest absolute Gasteiger partial charge is 0.253 e. The average molecular weight is 263 g/mol. The molecule has 0 aliphatic carbocycles. The minimum absolute atomic E-state index is 0.230. The van der Waals surface area contributed by atoms with E-state index in [0.717, 1.165) is 6.07 Å². The predicted octanol–water partition coefficient (Wildman–Crippen LogP) is 4.67. The minimum atomic E-state index is -0.666. The van der Waals surface area contributed by atoms with Crippen LogP contribution in [0, 0.1) is 18.6 Å². The van der Waals surface area contributed by atoms with Gasteiger partial charge in [-0.15, -0.1) is 0 Å². The molecule has 1 nitrogen and oxygen atoms in total. The number of hydrogen-bond acceptors (Lipinski definition) is 1. The average Bonchev–Trinajstić information content (AvgIpc) is 2.37. The van der Waals surface area contributed by atoms with Crippen molar-refractivity contribution in [1.82, 2.24) is 4.98 Å². The molecule has 0 unspecified atom stereocenters. The molecule has 19 heavy (non-hydrogen) atoms. The zero-order valence-electron chi connectivity index (χ0n) is 10.5. The Balaban J connectivity index is 2.50. The van der Waals surface area contributed by atoms with Gasteiger partial charge in [0.25, 0.3) is 0 Å². The minimum Gasteiger partial charge on any atom is -0.253 e. The molecule has 0 fully saturated rings. The number of allylic oxidation sites excluding steroid dienone is 1. The molecular formula is C15H12F3N. The van der Waals surface area contributed by atoms with Gasteiger partial charge in [0, 0.05) is 23.4 Å². The Morgan fingerprint density at radius 1 is 1.21 bits per heavy atom. The topological polar surface area (TPSA) is 12.9 Å². The first-order valence-corrected chi connectivity index (χ1v) is 5.77. The molecule has 0 amide bonds. The zero-order chi connectivity index (χ0) is 14.0. The molecule has 1 aromatic carbocycles. The maximum atomic E-state index is 13.6. The summed E-state index contributed by atoms with van der Waals surface area (Å²) < 4.78 is 40.0. The predicted molar refractivity (Wildman–Crippen MR) is 69.1 cm³/mol. The van der Waals surface area contributed by atoms with Gasteiger partial charge in [-0.2, -0.15) is 0 Å². The first kappa shape index (κ1) is 13.3. The van der Waals surface area contributed by atoms with Crippen molar-refractivity contribution in [3.63, 3.8) is 0 Å². The van der Waals surface area contributed by atoms with Gasteiger partial charge in [-0.1, -0.05) is 0 Å². The van der Waals surface area contributed by atoms with Crippen molar-refractivity contribution in [2.75, 3.05) is 0 Å². The quantitative estimate of drug-likeness (QED) is 0.767. The van der Waals surface area contributed by atoms with Gasteiger partial charge in [-0.05, 0) is 43.7 Å². The second-order valence-corrected chi connectivity index (χ2v) is 4.15. The second-order valence-electron chi connectivity index (χ2n) is 4.15. The summed E-state index contributed by atoms with van der Waals surface area (Å²) in [7, 11) is 0. The molecule has 0 aliphatic rings. The number of benzene rings is 1. The summed E-state index contributed by atoms with van der Waals surface area (Å²) in [4.78, 5) is 3.99. The number of nitrogens with zero attached hydrogens (tertiary/aromatic N) is 1. The summed E-state index contributed by atoms with van der Waals surface area (Å²) in [6.07, 6.45) is 2.69. The van der Waals surface area contributed by atoms with E-state index in [1.807, 2.05) is 0 Å². The molecule has 4 heteroatoms. The molecule has 0 aliphatic heterocycles. The van der Waals surface area contributed by atoms with Gasteiger partial charge in [0.05, 0.1) is 0 Å². The molecule has 0 radical (unpaired) electrons. The van der Waals surface area contributed by atoms with Crippen LogP contribution in [0.15, 0.2) is 36.5 Å². The van der Waals surface area contributed by atoms with E-state index in [-0.39, 0.29) is 11.3 Å². The highest BCUT2D eigenvalue weighted by molar-refractivity contribution is 5.67. The van der Waals surface area contributed by atoms with Gasteiger partial charge in [0.15, 0.2) is 0 Å². The smallest absolute Gasteiger partial charge is 0.144 e. The number of halogens is 3. The Kier molecular flexibility index (Phi) is 3.69. The van der Waals surface area contributed by atoms with Crippen LogP contribution in [0.5, 0.6) is 0 Å². The molecule has 0 atom stereocenters. The van der Waals surface area contributed by atoms with Crippen molar-refractivity contribution in [3.05, 3.63) is 59.4 Å². The maximum Gasteiger partial charge on any atom is 0.144 e. The van der Waals surface area contributed by atoms with Crippen LogP contribution in [-0.2, 0) is 0 Å². The van der Waals surface area contributed by atoms with Crippen LogP contribution < -0.4 is 0 Å². The van der Waals surface area contributed by atoms with E-state index in [4.69, 9.17) is 0 Å². The first-order valence-electron chi connectivity index (χ1n) is 5.77. The summed E-state index contributed by atoms with van der Waals surface area (Å²) in [5.41, 5.74) is 1.55. The molecule has 1 heterocycles. The zero-order valence-corrected chi connectivity index (χ0v) is 10.5. The number of hydrogen-bond donors (Lipinski definition) is 0. The van der Waals surface area contributed by atoms with Gasteiger partial charge in [-0.3, -0.25) is 4.98 Å². The van der Waals surface area contributed by atoms with Gasteiger partial charge in [-0.25, -0.2) is 13.2 Å².